The summed E-state index contributed by atoms with van der Waals surface area (Å²) in [5, 5.41) is 1.31. The molecule has 0 amide bonds. The molecular formula is C26H34ClSi2. The van der Waals surface area contributed by atoms with E-state index in [0.29, 0.717) is 16.6 Å². The molecule has 153 valence electrons. The van der Waals surface area contributed by atoms with Gasteiger partial charge in [0.25, 0.3) is 0 Å². The molecule has 2 rings (SSSR count). The molecule has 0 saturated heterocycles. The van der Waals surface area contributed by atoms with E-state index in [9.17, 15) is 0 Å². The van der Waals surface area contributed by atoms with Crippen molar-refractivity contribution >= 4 is 39.7 Å². The summed E-state index contributed by atoms with van der Waals surface area (Å²) in [6.45, 7) is 16.4. The first kappa shape index (κ1) is 23.7. The molecule has 2 aromatic rings. The number of benzene rings is 2. The van der Waals surface area contributed by atoms with Crippen LogP contribution in [-0.2, 0) is 0 Å². The molecule has 0 aromatic heterocycles. The largest absolute Gasteiger partial charge is 0.225 e. The van der Waals surface area contributed by atoms with E-state index in [1.54, 1.807) is 0 Å². The molecule has 0 bridgehead atoms. The summed E-state index contributed by atoms with van der Waals surface area (Å²) in [6, 6.07) is 18.9. The number of rotatable bonds is 6. The van der Waals surface area contributed by atoms with Gasteiger partial charge in [0.2, 0.25) is 8.80 Å². The van der Waals surface area contributed by atoms with E-state index < -0.39 is 16.9 Å². The van der Waals surface area contributed by atoms with Crippen LogP contribution in [0.2, 0.25) is 16.6 Å². The quantitative estimate of drug-likeness (QED) is 0.329. The van der Waals surface area contributed by atoms with E-state index in [1.807, 2.05) is 6.07 Å². The Kier molecular flexibility index (Phi) is 8.58. The van der Waals surface area contributed by atoms with Gasteiger partial charge in [-0.25, -0.2) is 0 Å². The van der Waals surface area contributed by atoms with E-state index >= 15 is 0 Å². The molecule has 29 heavy (non-hydrogen) atoms. The topological polar surface area (TPSA) is 0 Å². The predicted molar refractivity (Wildman–Crippen MR) is 136 cm³/mol. The summed E-state index contributed by atoms with van der Waals surface area (Å²) in [6.07, 6.45) is 2.11. The Morgan fingerprint density at radius 3 is 1.90 bits per heavy atom. The van der Waals surface area contributed by atoms with Gasteiger partial charge in [0.15, 0.2) is 0 Å². The molecule has 0 N–H and O–H groups in total. The normalized spacial score (nSPS) is 12.6. The second-order valence-electron chi connectivity index (χ2n) is 8.74. The van der Waals surface area contributed by atoms with Gasteiger partial charge in [0, 0.05) is 4.66 Å². The van der Waals surface area contributed by atoms with Crippen molar-refractivity contribution in [2.75, 3.05) is 0 Å². The van der Waals surface area contributed by atoms with E-state index in [1.165, 1.54) is 10.8 Å². The molecule has 0 spiro atoms. The average molecular weight is 438 g/mol. The number of hydrogen-bond acceptors (Lipinski definition) is 0. The fraction of sp³-hybridized carbons (Fsp3) is 0.385. The van der Waals surface area contributed by atoms with Crippen molar-refractivity contribution in [3.05, 3.63) is 70.4 Å². The highest BCUT2D eigenvalue weighted by Crippen LogP contribution is 2.40. The van der Waals surface area contributed by atoms with Crippen LogP contribution in [0.3, 0.4) is 0 Å². The molecule has 0 unspecified atom stereocenters. The Morgan fingerprint density at radius 1 is 0.862 bits per heavy atom. The monoisotopic (exact) mass is 437 g/mol. The number of hydrogen-bond donors (Lipinski definition) is 0. The minimum Gasteiger partial charge on any atom is -0.137 e. The lowest BCUT2D eigenvalue weighted by molar-refractivity contribution is 0.838. The molecule has 0 nitrogen and oxygen atoms in total. The summed E-state index contributed by atoms with van der Waals surface area (Å²) in [5.74, 6) is 0. The van der Waals surface area contributed by atoms with Crippen LogP contribution in [0.5, 0.6) is 0 Å². The van der Waals surface area contributed by atoms with Gasteiger partial charge in [-0.2, -0.15) is 0 Å². The van der Waals surface area contributed by atoms with Crippen LogP contribution in [0.15, 0.2) is 59.3 Å². The summed E-state index contributed by atoms with van der Waals surface area (Å²) in [7, 11) is -3.16. The molecule has 0 aliphatic carbocycles. The van der Waals surface area contributed by atoms with Crippen LogP contribution in [0.1, 0.15) is 52.7 Å². The maximum Gasteiger partial charge on any atom is 0.225 e. The minimum atomic E-state index is -1.80. The van der Waals surface area contributed by atoms with Crippen molar-refractivity contribution in [1.82, 2.24) is 0 Å². The zero-order chi connectivity index (χ0) is 21.6. The third-order valence-corrected chi connectivity index (χ3v) is 15.3. The third kappa shape index (κ3) is 5.54. The summed E-state index contributed by atoms with van der Waals surface area (Å²) in [5.41, 5.74) is 12.0. The summed E-state index contributed by atoms with van der Waals surface area (Å²) < 4.78 is 0.891. The molecule has 0 aliphatic rings. The second kappa shape index (κ2) is 10.5. The van der Waals surface area contributed by atoms with Crippen LogP contribution < -0.4 is 5.19 Å². The number of aryl methyl sites for hydroxylation is 1. The molecule has 0 aliphatic heterocycles. The Bertz CT molecular complexity index is 864. The van der Waals surface area contributed by atoms with Crippen molar-refractivity contribution in [3.8, 4) is 11.1 Å². The molecule has 0 atom stereocenters. The highest BCUT2D eigenvalue weighted by atomic mass is 35.5. The van der Waals surface area contributed by atoms with E-state index in [2.05, 4.69) is 114 Å². The lowest BCUT2D eigenvalue weighted by Crippen LogP contribution is -2.44. The fourth-order valence-electron chi connectivity index (χ4n) is 4.48. The Labute approximate surface area is 186 Å². The average Bonchev–Trinajstić information content (AvgIpc) is 2.66. The first-order chi connectivity index (χ1) is 13.7. The number of halogens is 1. The Balaban J connectivity index is 2.63. The SMILES string of the molecule is Cc1ccccc1[Si](C#C[Si](C(C)C)(C(C)C)C(C)C)C(Cl)=Cc1ccccc1. The lowest BCUT2D eigenvalue weighted by Gasteiger charge is -2.38. The van der Waals surface area contributed by atoms with Gasteiger partial charge in [0.05, 0.1) is 0 Å². The molecular weight excluding hydrogens is 404 g/mol. The maximum absolute atomic E-state index is 6.97. The van der Waals surface area contributed by atoms with Crippen LogP contribution >= 0.6 is 11.6 Å². The van der Waals surface area contributed by atoms with E-state index in [4.69, 9.17) is 11.6 Å². The zero-order valence-corrected chi connectivity index (χ0v) is 21.6. The Morgan fingerprint density at radius 2 is 1.38 bits per heavy atom. The van der Waals surface area contributed by atoms with Crippen molar-refractivity contribution < 1.29 is 0 Å². The van der Waals surface area contributed by atoms with Gasteiger partial charge in [-0.15, -0.1) is 11.1 Å². The first-order valence-corrected chi connectivity index (χ1v) is 14.7. The van der Waals surface area contributed by atoms with Crippen LogP contribution in [0.4, 0.5) is 0 Å². The van der Waals surface area contributed by atoms with Gasteiger partial charge in [-0.05, 0) is 40.4 Å². The summed E-state index contributed by atoms with van der Waals surface area (Å²) >= 11 is 6.97. The zero-order valence-electron chi connectivity index (χ0n) is 18.9. The van der Waals surface area contributed by atoms with Gasteiger partial charge >= 0.3 is 0 Å². The minimum absolute atomic E-state index is 0.618. The second-order valence-corrected chi connectivity index (χ2v) is 17.1. The first-order valence-electron chi connectivity index (χ1n) is 10.6. The van der Waals surface area contributed by atoms with E-state index in [-0.39, 0.29) is 0 Å². The smallest absolute Gasteiger partial charge is 0.137 e. The molecule has 3 heteroatoms. The van der Waals surface area contributed by atoms with Gasteiger partial charge < -0.3 is 0 Å². The fourth-order valence-corrected chi connectivity index (χ4v) is 12.8. The molecule has 0 saturated carbocycles. The maximum atomic E-state index is 6.97. The molecule has 1 radical (unpaired) electrons. The van der Waals surface area contributed by atoms with Crippen molar-refractivity contribution in [2.24, 2.45) is 0 Å². The van der Waals surface area contributed by atoms with Crippen LogP contribution in [0.25, 0.3) is 6.08 Å². The lowest BCUT2D eigenvalue weighted by atomic mass is 10.2. The third-order valence-electron chi connectivity index (χ3n) is 6.02. The van der Waals surface area contributed by atoms with Gasteiger partial charge in [-0.1, -0.05) is 113 Å². The van der Waals surface area contributed by atoms with Crippen LogP contribution in [-0.4, -0.2) is 16.9 Å². The predicted octanol–water partition coefficient (Wildman–Crippen LogP) is 7.28. The van der Waals surface area contributed by atoms with Crippen LogP contribution in [0, 0.1) is 18.0 Å². The molecule has 0 fully saturated rings. The Hall–Kier alpha value is -1.54. The van der Waals surface area contributed by atoms with Crippen molar-refractivity contribution in [1.29, 1.82) is 0 Å². The highest BCUT2D eigenvalue weighted by molar-refractivity contribution is 6.97. The highest BCUT2D eigenvalue weighted by Gasteiger charge is 2.41. The van der Waals surface area contributed by atoms with Crippen molar-refractivity contribution in [3.63, 3.8) is 0 Å². The van der Waals surface area contributed by atoms with Crippen molar-refractivity contribution in [2.45, 2.75) is 65.1 Å². The summed E-state index contributed by atoms with van der Waals surface area (Å²) in [4.78, 5) is 0. The standard InChI is InChI=1S/C26H34ClSi2/c1-20(2)29(21(3)4,22(5)6)18-17-28(25-16-12-11-13-23(25)7)26(27)19-24-14-9-8-10-15-24/h8-16,19-22H,1-7H3. The molecule has 0 heterocycles. The van der Waals surface area contributed by atoms with Gasteiger partial charge in [0.1, 0.15) is 8.07 Å². The van der Waals surface area contributed by atoms with Gasteiger partial charge in [-0.3, -0.25) is 0 Å². The molecule has 2 aromatic carbocycles. The van der Waals surface area contributed by atoms with E-state index in [0.717, 1.165) is 10.2 Å².